The van der Waals surface area contributed by atoms with Crippen LogP contribution in [0.5, 0.6) is 11.5 Å². The van der Waals surface area contributed by atoms with Crippen LogP contribution in [-0.4, -0.2) is 6.79 Å². The third-order valence-corrected chi connectivity index (χ3v) is 8.11. The van der Waals surface area contributed by atoms with Gasteiger partial charge < -0.3 is 18.3 Å². The summed E-state index contributed by atoms with van der Waals surface area (Å²) in [6.07, 6.45) is 0. The molecule has 0 saturated carbocycles. The number of rotatable bonds is 2. The lowest BCUT2D eigenvalue weighted by molar-refractivity contribution is 0.125. The summed E-state index contributed by atoms with van der Waals surface area (Å²) in [5, 5.41) is 4.44. The average molecular weight is 531 g/mol. The van der Waals surface area contributed by atoms with E-state index >= 15 is 0 Å². The van der Waals surface area contributed by atoms with Gasteiger partial charge in [-0.3, -0.25) is 0 Å². The summed E-state index contributed by atoms with van der Waals surface area (Å²) in [5.74, 6) is 1.59. The third kappa shape index (κ3) is 3.34. The highest BCUT2D eigenvalue weighted by molar-refractivity contribution is 6.13. The second-order valence-electron chi connectivity index (χ2n) is 10.4. The van der Waals surface area contributed by atoms with E-state index in [0.717, 1.165) is 88.8 Å². The van der Waals surface area contributed by atoms with E-state index in [0.29, 0.717) is 0 Å². The fourth-order valence-electron chi connectivity index (χ4n) is 6.25. The first kappa shape index (κ1) is 22.3. The van der Waals surface area contributed by atoms with Gasteiger partial charge in [0, 0.05) is 32.7 Å². The van der Waals surface area contributed by atoms with Crippen LogP contribution in [0.1, 0.15) is 0 Å². The fraction of sp³-hybridized carbons (Fsp3) is 0.0270. The van der Waals surface area contributed by atoms with Gasteiger partial charge in [0.25, 0.3) is 0 Å². The van der Waals surface area contributed by atoms with Crippen LogP contribution in [0.2, 0.25) is 0 Å². The highest BCUT2D eigenvalue weighted by atomic mass is 16.7. The summed E-state index contributed by atoms with van der Waals surface area (Å²) < 4.78 is 24.5. The highest BCUT2D eigenvalue weighted by Gasteiger charge is 2.21. The van der Waals surface area contributed by atoms with Gasteiger partial charge in [-0.25, -0.2) is 0 Å². The van der Waals surface area contributed by atoms with Crippen LogP contribution in [-0.2, 0) is 0 Å². The van der Waals surface area contributed by atoms with Crippen molar-refractivity contribution in [1.29, 1.82) is 0 Å². The Bertz CT molecular complexity index is 2300. The van der Waals surface area contributed by atoms with Gasteiger partial charge in [0.2, 0.25) is 6.79 Å². The van der Waals surface area contributed by atoms with Gasteiger partial charge in [0.05, 0.1) is 0 Å². The molecule has 0 N–H and O–H groups in total. The molecule has 194 valence electrons. The van der Waals surface area contributed by atoms with Crippen LogP contribution >= 0.6 is 0 Å². The number of fused-ring (bicyclic) bond motifs is 9. The van der Waals surface area contributed by atoms with E-state index < -0.39 is 0 Å². The molecule has 1 aliphatic rings. The number of ether oxygens (including phenoxy) is 2. The number of para-hydroxylation sites is 2. The summed E-state index contributed by atoms with van der Waals surface area (Å²) in [6, 6.07) is 41.5. The second kappa shape index (κ2) is 8.51. The van der Waals surface area contributed by atoms with Crippen LogP contribution in [0.15, 0.2) is 130 Å². The predicted molar refractivity (Wildman–Crippen MR) is 163 cm³/mol. The molecule has 0 spiro atoms. The van der Waals surface area contributed by atoms with Crippen molar-refractivity contribution in [2.75, 3.05) is 6.79 Å². The zero-order valence-corrected chi connectivity index (χ0v) is 21.9. The average Bonchev–Trinajstić information content (AvgIpc) is 3.54. The third-order valence-electron chi connectivity index (χ3n) is 8.11. The maximum Gasteiger partial charge on any atom is 0.230 e. The maximum absolute atomic E-state index is 6.17. The first-order valence-corrected chi connectivity index (χ1v) is 13.7. The number of furan rings is 2. The molecule has 0 atom stereocenters. The molecule has 0 aliphatic carbocycles. The molecule has 1 aliphatic heterocycles. The van der Waals surface area contributed by atoms with E-state index in [2.05, 4.69) is 60.7 Å². The topological polar surface area (TPSA) is 44.7 Å². The van der Waals surface area contributed by atoms with Crippen LogP contribution in [0.4, 0.5) is 0 Å². The molecule has 0 fully saturated rings. The summed E-state index contributed by atoms with van der Waals surface area (Å²) in [4.78, 5) is 0. The summed E-state index contributed by atoms with van der Waals surface area (Å²) >= 11 is 0. The van der Waals surface area contributed by atoms with Gasteiger partial charge in [-0.2, -0.15) is 0 Å². The molecule has 9 rings (SSSR count). The van der Waals surface area contributed by atoms with Gasteiger partial charge in [-0.05, 0) is 70.8 Å². The first-order valence-electron chi connectivity index (χ1n) is 13.7. The zero-order valence-electron chi connectivity index (χ0n) is 21.9. The van der Waals surface area contributed by atoms with Crippen LogP contribution in [0.25, 0.3) is 77.3 Å². The van der Waals surface area contributed by atoms with Crippen molar-refractivity contribution in [2.45, 2.75) is 0 Å². The van der Waals surface area contributed by atoms with Crippen molar-refractivity contribution >= 4 is 43.9 Å². The Kier molecular flexibility index (Phi) is 4.64. The van der Waals surface area contributed by atoms with Gasteiger partial charge >= 0.3 is 0 Å². The molecule has 4 nitrogen and oxygen atoms in total. The number of hydrogen-bond acceptors (Lipinski definition) is 4. The van der Waals surface area contributed by atoms with E-state index in [1.165, 1.54) is 0 Å². The summed E-state index contributed by atoms with van der Waals surface area (Å²) in [7, 11) is 0. The molecule has 4 heteroatoms. The van der Waals surface area contributed by atoms with Crippen LogP contribution in [0.3, 0.4) is 0 Å². The molecule has 2 aromatic heterocycles. The van der Waals surface area contributed by atoms with Crippen molar-refractivity contribution < 1.29 is 18.3 Å². The lowest BCUT2D eigenvalue weighted by Gasteiger charge is -2.12. The van der Waals surface area contributed by atoms with Crippen molar-refractivity contribution in [2.24, 2.45) is 0 Å². The Morgan fingerprint density at radius 3 is 1.63 bits per heavy atom. The van der Waals surface area contributed by atoms with E-state index in [1.54, 1.807) is 0 Å². The Labute approximate surface area is 235 Å². The largest absolute Gasteiger partial charge is 0.457 e. The van der Waals surface area contributed by atoms with Crippen molar-refractivity contribution in [3.63, 3.8) is 0 Å². The first-order chi connectivity index (χ1) is 20.3. The minimum Gasteiger partial charge on any atom is -0.457 e. The molecular weight excluding hydrogens is 508 g/mol. The standard InChI is InChI=1S/C37H22O4/c1-3-11-31-27(7-1)36-24(9-5-13-33(36)40-31)22-16-18-30-29(19-22)26-17-15-23(20-35(26)39-21-38-30)25-10-6-14-34-37(25)28-8-2-4-12-32(28)41-34/h1-20H,21H2. The normalized spacial score (nSPS) is 12.7. The molecule has 0 bridgehead atoms. The molecule has 6 aromatic carbocycles. The number of benzene rings is 6. The van der Waals surface area contributed by atoms with Gasteiger partial charge in [0.1, 0.15) is 33.8 Å². The van der Waals surface area contributed by atoms with Crippen LogP contribution < -0.4 is 9.47 Å². The zero-order chi connectivity index (χ0) is 26.9. The second-order valence-corrected chi connectivity index (χ2v) is 10.4. The fourth-order valence-corrected chi connectivity index (χ4v) is 6.25. The molecule has 3 heterocycles. The number of hydrogen-bond donors (Lipinski definition) is 0. The predicted octanol–water partition coefficient (Wildman–Crippen LogP) is 10.2. The van der Waals surface area contributed by atoms with Gasteiger partial charge in [-0.15, -0.1) is 0 Å². The smallest absolute Gasteiger partial charge is 0.230 e. The Balaban J connectivity index is 1.21. The van der Waals surface area contributed by atoms with Gasteiger partial charge in [0.15, 0.2) is 0 Å². The quantitative estimate of drug-likeness (QED) is 0.223. The Morgan fingerprint density at radius 1 is 0.390 bits per heavy atom. The van der Waals surface area contributed by atoms with Crippen LogP contribution in [0, 0.1) is 0 Å². The van der Waals surface area contributed by atoms with E-state index in [9.17, 15) is 0 Å². The van der Waals surface area contributed by atoms with Crippen molar-refractivity contribution in [3.05, 3.63) is 121 Å². The molecule has 0 unspecified atom stereocenters. The lowest BCUT2D eigenvalue weighted by Crippen LogP contribution is -2.03. The minimum absolute atomic E-state index is 0.142. The summed E-state index contributed by atoms with van der Waals surface area (Å²) in [6.45, 7) is 0.142. The van der Waals surface area contributed by atoms with Crippen molar-refractivity contribution in [3.8, 4) is 44.9 Å². The molecule has 0 radical (unpaired) electrons. The molecular formula is C37H22O4. The Hall–Kier alpha value is -5.48. The summed E-state index contributed by atoms with van der Waals surface area (Å²) in [5.41, 5.74) is 9.91. The SMILES string of the molecule is c1ccc2c(c1)oc1cccc(-c3ccc4c(c3)OCOc3ccc(-c5cccc6oc7ccccc7c56)cc3-4)c12. The lowest BCUT2D eigenvalue weighted by atomic mass is 9.93. The van der Waals surface area contributed by atoms with E-state index in [1.807, 2.05) is 60.7 Å². The monoisotopic (exact) mass is 530 g/mol. The van der Waals surface area contributed by atoms with E-state index in [-0.39, 0.29) is 6.79 Å². The van der Waals surface area contributed by atoms with Crippen molar-refractivity contribution in [1.82, 2.24) is 0 Å². The molecule has 0 saturated heterocycles. The van der Waals surface area contributed by atoms with E-state index in [4.69, 9.17) is 18.3 Å². The highest BCUT2D eigenvalue weighted by Crippen LogP contribution is 2.45. The maximum atomic E-state index is 6.17. The van der Waals surface area contributed by atoms with Gasteiger partial charge in [-0.1, -0.05) is 72.8 Å². The molecule has 41 heavy (non-hydrogen) atoms. The molecule has 8 aromatic rings. The Morgan fingerprint density at radius 2 is 0.951 bits per heavy atom. The minimum atomic E-state index is 0.142. The molecule has 0 amide bonds.